The van der Waals surface area contributed by atoms with Gasteiger partial charge in [0.1, 0.15) is 0 Å². The first-order valence-electron chi connectivity index (χ1n) is 11.2. The van der Waals surface area contributed by atoms with Gasteiger partial charge in [-0.2, -0.15) is 9.61 Å². The fourth-order valence-electron chi connectivity index (χ4n) is 3.65. The van der Waals surface area contributed by atoms with E-state index in [1.807, 2.05) is 67.8 Å². The number of rotatable bonds is 8. The van der Waals surface area contributed by atoms with Crippen LogP contribution in [0.3, 0.4) is 0 Å². The van der Waals surface area contributed by atoms with Crippen LogP contribution in [0.2, 0.25) is 0 Å². The Kier molecular flexibility index (Phi) is 6.40. The fourth-order valence-corrected chi connectivity index (χ4v) is 4.35. The lowest BCUT2D eigenvalue weighted by molar-refractivity contribution is 0.102. The number of thiophene rings is 1. The first kappa shape index (κ1) is 22.5. The molecule has 0 saturated carbocycles. The molecule has 0 atom stereocenters. The monoisotopic (exact) mass is 485 g/mol. The molecule has 0 saturated heterocycles. The van der Waals surface area contributed by atoms with Gasteiger partial charge in [0.15, 0.2) is 23.0 Å². The van der Waals surface area contributed by atoms with E-state index < -0.39 is 0 Å². The van der Waals surface area contributed by atoms with Gasteiger partial charge in [0.25, 0.3) is 5.91 Å². The Bertz CT molecular complexity index is 1480. The summed E-state index contributed by atoms with van der Waals surface area (Å²) < 4.78 is 13.0. The molecule has 1 N–H and O–H groups in total. The molecular weight excluding hydrogens is 462 g/mol. The lowest BCUT2D eigenvalue weighted by Crippen LogP contribution is -2.12. The second kappa shape index (κ2) is 9.94. The third kappa shape index (κ3) is 4.71. The van der Waals surface area contributed by atoms with Crippen LogP contribution in [0.25, 0.3) is 27.6 Å². The molecule has 5 aromatic rings. The Hall–Kier alpha value is -4.24. The van der Waals surface area contributed by atoms with Crippen LogP contribution < -0.4 is 14.8 Å². The molecule has 0 fully saturated rings. The highest BCUT2D eigenvalue weighted by Crippen LogP contribution is 2.29. The molecule has 8 nitrogen and oxygen atoms in total. The smallest absolute Gasteiger partial charge is 0.255 e. The molecule has 5 rings (SSSR count). The molecule has 0 aliphatic carbocycles. The highest BCUT2D eigenvalue weighted by molar-refractivity contribution is 7.13. The van der Waals surface area contributed by atoms with Gasteiger partial charge in [-0.25, -0.2) is 0 Å². The number of hydrogen-bond acceptors (Lipinski definition) is 7. The van der Waals surface area contributed by atoms with Gasteiger partial charge in [-0.15, -0.1) is 21.5 Å². The molecule has 176 valence electrons. The molecule has 35 heavy (non-hydrogen) atoms. The highest BCUT2D eigenvalue weighted by atomic mass is 32.1. The molecule has 0 radical (unpaired) electrons. The number of benzene rings is 2. The van der Waals surface area contributed by atoms with Gasteiger partial charge in [-0.05, 0) is 67.8 Å². The topological polar surface area (TPSA) is 90.6 Å². The van der Waals surface area contributed by atoms with E-state index in [0.717, 1.165) is 16.1 Å². The summed E-state index contributed by atoms with van der Waals surface area (Å²) in [5.41, 5.74) is 3.40. The first-order chi connectivity index (χ1) is 17.2. The number of carbonyl (C=O) groups is 1. The summed E-state index contributed by atoms with van der Waals surface area (Å²) in [6.07, 6.45) is 0. The van der Waals surface area contributed by atoms with Crippen LogP contribution in [0, 0.1) is 0 Å². The van der Waals surface area contributed by atoms with Gasteiger partial charge >= 0.3 is 0 Å². The van der Waals surface area contributed by atoms with Gasteiger partial charge in [-0.3, -0.25) is 4.79 Å². The Labute approximate surface area is 206 Å². The Morgan fingerprint density at radius 3 is 2.60 bits per heavy atom. The molecule has 2 aromatic carbocycles. The summed E-state index contributed by atoms with van der Waals surface area (Å²) in [5, 5.41) is 18.2. The van der Waals surface area contributed by atoms with Gasteiger partial charge in [-0.1, -0.05) is 18.2 Å². The second-order valence-corrected chi connectivity index (χ2v) is 8.50. The molecule has 0 aliphatic heterocycles. The molecule has 0 bridgehead atoms. The van der Waals surface area contributed by atoms with Gasteiger partial charge in [0.2, 0.25) is 0 Å². The average molecular weight is 486 g/mol. The quantitative estimate of drug-likeness (QED) is 0.309. The van der Waals surface area contributed by atoms with Crippen molar-refractivity contribution in [1.29, 1.82) is 0 Å². The molecule has 0 spiro atoms. The molecular formula is C26H23N5O3S. The highest BCUT2D eigenvalue weighted by Gasteiger charge is 2.14. The van der Waals surface area contributed by atoms with Crippen molar-refractivity contribution in [3.8, 4) is 33.5 Å². The first-order valence-corrected chi connectivity index (χ1v) is 12.1. The molecule has 0 aliphatic rings. The van der Waals surface area contributed by atoms with Crippen molar-refractivity contribution in [2.75, 3.05) is 18.5 Å². The van der Waals surface area contributed by atoms with E-state index in [2.05, 4.69) is 15.5 Å². The SMILES string of the molecule is CCOc1ccc(C(=O)Nc2cccc(-c3ccc4nnc(-c5cccs5)n4n3)c2)cc1OCC. The van der Waals surface area contributed by atoms with E-state index >= 15 is 0 Å². The van der Waals surface area contributed by atoms with E-state index in [0.29, 0.717) is 47.4 Å². The number of carbonyl (C=O) groups excluding carboxylic acids is 1. The largest absolute Gasteiger partial charge is 0.490 e. The Morgan fingerprint density at radius 2 is 1.80 bits per heavy atom. The normalized spacial score (nSPS) is 10.9. The van der Waals surface area contributed by atoms with Crippen molar-refractivity contribution in [2.24, 2.45) is 0 Å². The van der Waals surface area contributed by atoms with Crippen molar-refractivity contribution in [3.05, 3.63) is 77.7 Å². The molecule has 0 unspecified atom stereocenters. The third-order valence-electron chi connectivity index (χ3n) is 5.23. The van der Waals surface area contributed by atoms with Gasteiger partial charge in [0, 0.05) is 16.8 Å². The van der Waals surface area contributed by atoms with E-state index in [1.165, 1.54) is 0 Å². The number of fused-ring (bicyclic) bond motifs is 1. The van der Waals surface area contributed by atoms with Crippen LogP contribution in [-0.4, -0.2) is 38.9 Å². The third-order valence-corrected chi connectivity index (χ3v) is 6.09. The summed E-state index contributed by atoms with van der Waals surface area (Å²) >= 11 is 1.58. The lowest BCUT2D eigenvalue weighted by atomic mass is 10.1. The zero-order chi connectivity index (χ0) is 24.2. The van der Waals surface area contributed by atoms with Crippen LogP contribution in [0.1, 0.15) is 24.2 Å². The summed E-state index contributed by atoms with van der Waals surface area (Å²) in [7, 11) is 0. The van der Waals surface area contributed by atoms with Crippen LogP contribution >= 0.6 is 11.3 Å². The van der Waals surface area contributed by atoms with E-state index in [9.17, 15) is 4.79 Å². The maximum Gasteiger partial charge on any atom is 0.255 e. The minimum absolute atomic E-state index is 0.242. The number of nitrogens with one attached hydrogen (secondary N) is 1. The number of anilines is 1. The Morgan fingerprint density at radius 1 is 0.943 bits per heavy atom. The number of amides is 1. The summed E-state index contributed by atoms with van der Waals surface area (Å²) in [5.74, 6) is 1.62. The number of aromatic nitrogens is 4. The number of nitrogens with zero attached hydrogens (tertiary/aromatic N) is 4. The van der Waals surface area contributed by atoms with E-state index in [-0.39, 0.29) is 5.91 Å². The summed E-state index contributed by atoms with van der Waals surface area (Å²) in [6.45, 7) is 4.79. The van der Waals surface area contributed by atoms with Crippen molar-refractivity contribution < 1.29 is 14.3 Å². The van der Waals surface area contributed by atoms with Gasteiger partial charge in [0.05, 0.1) is 23.8 Å². The van der Waals surface area contributed by atoms with Crippen LogP contribution in [0.15, 0.2) is 72.1 Å². The lowest BCUT2D eigenvalue weighted by Gasteiger charge is -2.13. The van der Waals surface area contributed by atoms with Crippen LogP contribution in [-0.2, 0) is 0 Å². The average Bonchev–Trinajstić information content (AvgIpc) is 3.55. The molecule has 1 amide bonds. The minimum Gasteiger partial charge on any atom is -0.490 e. The van der Waals surface area contributed by atoms with Crippen molar-refractivity contribution >= 4 is 28.6 Å². The second-order valence-electron chi connectivity index (χ2n) is 7.55. The van der Waals surface area contributed by atoms with Gasteiger partial charge < -0.3 is 14.8 Å². The fraction of sp³-hybridized carbons (Fsp3) is 0.154. The predicted octanol–water partition coefficient (Wildman–Crippen LogP) is 5.57. The summed E-state index contributed by atoms with van der Waals surface area (Å²) in [4.78, 5) is 14.0. The summed E-state index contributed by atoms with van der Waals surface area (Å²) in [6, 6.07) is 20.5. The zero-order valence-electron chi connectivity index (χ0n) is 19.3. The molecule has 9 heteroatoms. The number of hydrogen-bond donors (Lipinski definition) is 1. The maximum absolute atomic E-state index is 13.0. The number of ether oxygens (including phenoxy) is 2. The van der Waals surface area contributed by atoms with Crippen LogP contribution in [0.4, 0.5) is 5.69 Å². The standard InChI is InChI=1S/C26H23N5O3S/c1-3-33-21-12-10-18(16-22(21)34-4-2)26(32)27-19-8-5-7-17(15-19)20-11-13-24-28-29-25(31(24)30-20)23-9-6-14-35-23/h5-16H,3-4H2,1-2H3,(H,27,32). The molecule has 3 aromatic heterocycles. The van der Waals surface area contributed by atoms with Crippen molar-refractivity contribution in [1.82, 2.24) is 19.8 Å². The van der Waals surface area contributed by atoms with Crippen LogP contribution in [0.5, 0.6) is 11.5 Å². The maximum atomic E-state index is 13.0. The minimum atomic E-state index is -0.242. The zero-order valence-corrected chi connectivity index (χ0v) is 20.1. The van der Waals surface area contributed by atoms with E-state index in [1.54, 1.807) is 34.1 Å². The molecule has 3 heterocycles. The predicted molar refractivity (Wildman–Crippen MR) is 136 cm³/mol. The van der Waals surface area contributed by atoms with Crippen molar-refractivity contribution in [2.45, 2.75) is 13.8 Å². The van der Waals surface area contributed by atoms with Crippen molar-refractivity contribution in [3.63, 3.8) is 0 Å². The van der Waals surface area contributed by atoms with E-state index in [4.69, 9.17) is 14.6 Å². The Balaban J connectivity index is 1.41.